The zero-order valence-corrected chi connectivity index (χ0v) is 13.9. The van der Waals surface area contributed by atoms with Crippen LogP contribution in [0.25, 0.3) is 0 Å². The number of hydrogen-bond acceptors (Lipinski definition) is 4. The fourth-order valence-corrected chi connectivity index (χ4v) is 3.80. The molecule has 2 aliphatic rings. The van der Waals surface area contributed by atoms with Gasteiger partial charge in [-0.05, 0) is 33.9 Å². The SMILES string of the molecule is C=CCO[C@@H]1C[C@H](NC2CCCCC2)O[C@H](C)[C@H]1N(C)C. The minimum Gasteiger partial charge on any atom is -0.372 e. The molecule has 0 unspecified atom stereocenters. The molecule has 0 aromatic carbocycles. The van der Waals surface area contributed by atoms with Gasteiger partial charge in [-0.15, -0.1) is 6.58 Å². The molecule has 1 aliphatic heterocycles. The number of nitrogens with zero attached hydrogens (tertiary/aromatic N) is 1. The molecule has 0 radical (unpaired) electrons. The first-order chi connectivity index (χ1) is 10.1. The first kappa shape index (κ1) is 16.9. The summed E-state index contributed by atoms with van der Waals surface area (Å²) in [6.07, 6.45) is 9.86. The van der Waals surface area contributed by atoms with Crippen molar-refractivity contribution in [2.45, 2.75) is 76.0 Å². The van der Waals surface area contributed by atoms with Gasteiger partial charge in [-0.2, -0.15) is 0 Å². The first-order valence-electron chi connectivity index (χ1n) is 8.42. The van der Waals surface area contributed by atoms with Crippen LogP contribution in [0.2, 0.25) is 0 Å². The van der Waals surface area contributed by atoms with Gasteiger partial charge in [-0.1, -0.05) is 25.3 Å². The zero-order valence-electron chi connectivity index (χ0n) is 13.9. The second kappa shape index (κ2) is 8.28. The van der Waals surface area contributed by atoms with Gasteiger partial charge >= 0.3 is 0 Å². The second-order valence-electron chi connectivity index (χ2n) is 6.68. The minimum atomic E-state index is 0.120. The number of likely N-dealkylation sites (N-methyl/N-ethyl adjacent to an activating group) is 1. The smallest absolute Gasteiger partial charge is 0.111 e. The molecule has 0 bridgehead atoms. The summed E-state index contributed by atoms with van der Waals surface area (Å²) < 4.78 is 12.2. The van der Waals surface area contributed by atoms with Crippen molar-refractivity contribution in [3.05, 3.63) is 12.7 Å². The normalized spacial score (nSPS) is 35.0. The molecule has 21 heavy (non-hydrogen) atoms. The van der Waals surface area contributed by atoms with Gasteiger partial charge in [0.25, 0.3) is 0 Å². The third kappa shape index (κ3) is 4.78. The molecule has 2 rings (SSSR count). The Morgan fingerprint density at radius 1 is 1.29 bits per heavy atom. The summed E-state index contributed by atoms with van der Waals surface area (Å²) in [5, 5.41) is 3.71. The molecule has 0 aromatic heterocycles. The van der Waals surface area contributed by atoms with E-state index in [0.717, 1.165) is 6.42 Å². The Labute approximate surface area is 129 Å². The Hall–Kier alpha value is -0.420. The third-order valence-electron chi connectivity index (χ3n) is 4.74. The number of rotatable bonds is 6. The highest BCUT2D eigenvalue weighted by atomic mass is 16.5. The van der Waals surface area contributed by atoms with Gasteiger partial charge in [0, 0.05) is 12.5 Å². The van der Waals surface area contributed by atoms with E-state index in [9.17, 15) is 0 Å². The summed E-state index contributed by atoms with van der Waals surface area (Å²) >= 11 is 0. The molecule has 4 atom stereocenters. The van der Waals surface area contributed by atoms with E-state index in [0.29, 0.717) is 18.7 Å². The largest absolute Gasteiger partial charge is 0.372 e. The number of ether oxygens (including phenoxy) is 2. The summed E-state index contributed by atoms with van der Waals surface area (Å²) in [5.41, 5.74) is 0. The van der Waals surface area contributed by atoms with Crippen molar-refractivity contribution in [3.63, 3.8) is 0 Å². The molecule has 1 aliphatic carbocycles. The Balaban J connectivity index is 1.93. The highest BCUT2D eigenvalue weighted by molar-refractivity contribution is 4.91. The van der Waals surface area contributed by atoms with Crippen molar-refractivity contribution < 1.29 is 9.47 Å². The van der Waals surface area contributed by atoms with E-state index in [1.54, 1.807) is 0 Å². The standard InChI is InChI=1S/C17H32N2O2/c1-5-11-20-15-12-16(18-14-9-7-6-8-10-14)21-13(2)17(15)19(3)4/h5,13-18H,1,6-12H2,2-4H3/t13-,15-,16-,17-/m1/s1. The molecule has 2 fully saturated rings. The fraction of sp³-hybridized carbons (Fsp3) is 0.882. The molecule has 4 nitrogen and oxygen atoms in total. The topological polar surface area (TPSA) is 33.7 Å². The van der Waals surface area contributed by atoms with E-state index < -0.39 is 0 Å². The monoisotopic (exact) mass is 296 g/mol. The predicted molar refractivity (Wildman–Crippen MR) is 86.4 cm³/mol. The number of nitrogens with one attached hydrogen (secondary N) is 1. The lowest BCUT2D eigenvalue weighted by atomic mass is 9.93. The molecule has 122 valence electrons. The first-order valence-corrected chi connectivity index (χ1v) is 8.42. The van der Waals surface area contributed by atoms with Crippen LogP contribution in [0.5, 0.6) is 0 Å². The van der Waals surface area contributed by atoms with Crippen LogP contribution in [0.4, 0.5) is 0 Å². The maximum atomic E-state index is 6.21. The van der Waals surface area contributed by atoms with Gasteiger partial charge in [0.2, 0.25) is 0 Å². The van der Waals surface area contributed by atoms with Crippen LogP contribution in [0.1, 0.15) is 45.4 Å². The predicted octanol–water partition coefficient (Wildman–Crippen LogP) is 2.55. The van der Waals surface area contributed by atoms with E-state index in [2.05, 4.69) is 37.8 Å². The van der Waals surface area contributed by atoms with Gasteiger partial charge in [-0.3, -0.25) is 5.32 Å². The van der Waals surface area contributed by atoms with Crippen molar-refractivity contribution in [2.24, 2.45) is 0 Å². The van der Waals surface area contributed by atoms with Crippen molar-refractivity contribution in [3.8, 4) is 0 Å². The van der Waals surface area contributed by atoms with Crippen LogP contribution in [-0.2, 0) is 9.47 Å². The van der Waals surface area contributed by atoms with Gasteiger partial charge in [0.05, 0.1) is 24.9 Å². The molecule has 0 spiro atoms. The fourth-order valence-electron chi connectivity index (χ4n) is 3.80. The van der Waals surface area contributed by atoms with Crippen LogP contribution < -0.4 is 5.32 Å². The lowest BCUT2D eigenvalue weighted by Crippen LogP contribution is -2.58. The number of hydrogen-bond donors (Lipinski definition) is 1. The highest BCUT2D eigenvalue weighted by Crippen LogP contribution is 2.26. The van der Waals surface area contributed by atoms with Crippen molar-refractivity contribution in [1.29, 1.82) is 0 Å². The molecule has 1 N–H and O–H groups in total. The zero-order chi connectivity index (χ0) is 15.2. The lowest BCUT2D eigenvalue weighted by molar-refractivity contribution is -0.159. The second-order valence-corrected chi connectivity index (χ2v) is 6.68. The summed E-state index contributed by atoms with van der Waals surface area (Å²) in [6.45, 7) is 6.53. The van der Waals surface area contributed by atoms with Crippen molar-refractivity contribution in [2.75, 3.05) is 20.7 Å². The average molecular weight is 296 g/mol. The van der Waals surface area contributed by atoms with Gasteiger partial charge in [0.1, 0.15) is 6.23 Å². The molecular formula is C17H32N2O2. The molecule has 4 heteroatoms. The van der Waals surface area contributed by atoms with Crippen LogP contribution in [0, 0.1) is 0 Å². The Kier molecular flexibility index (Phi) is 6.68. The van der Waals surface area contributed by atoms with Crippen LogP contribution in [-0.4, -0.2) is 56.1 Å². The van der Waals surface area contributed by atoms with E-state index in [4.69, 9.17) is 9.47 Å². The molecule has 0 amide bonds. The maximum Gasteiger partial charge on any atom is 0.111 e. The molecule has 0 aromatic rings. The Morgan fingerprint density at radius 2 is 2.00 bits per heavy atom. The van der Waals surface area contributed by atoms with Gasteiger partial charge in [-0.25, -0.2) is 0 Å². The minimum absolute atomic E-state index is 0.120. The van der Waals surface area contributed by atoms with E-state index in [1.165, 1.54) is 32.1 Å². The molecule has 1 heterocycles. The van der Waals surface area contributed by atoms with E-state index >= 15 is 0 Å². The maximum absolute atomic E-state index is 6.21. The van der Waals surface area contributed by atoms with E-state index in [-0.39, 0.29) is 18.4 Å². The molecule has 1 saturated heterocycles. The highest BCUT2D eigenvalue weighted by Gasteiger charge is 2.38. The third-order valence-corrected chi connectivity index (χ3v) is 4.74. The van der Waals surface area contributed by atoms with Crippen LogP contribution in [0.15, 0.2) is 12.7 Å². The average Bonchev–Trinajstić information content (AvgIpc) is 2.45. The molecular weight excluding hydrogens is 264 g/mol. The summed E-state index contributed by atoms with van der Waals surface area (Å²) in [5.74, 6) is 0. The Morgan fingerprint density at radius 3 is 2.62 bits per heavy atom. The van der Waals surface area contributed by atoms with Gasteiger partial charge in [0.15, 0.2) is 0 Å². The summed E-state index contributed by atoms with van der Waals surface area (Å²) in [6, 6.07) is 0.918. The lowest BCUT2D eigenvalue weighted by Gasteiger charge is -2.44. The van der Waals surface area contributed by atoms with Crippen LogP contribution in [0.3, 0.4) is 0 Å². The summed E-state index contributed by atoms with van der Waals surface area (Å²) in [4.78, 5) is 2.22. The van der Waals surface area contributed by atoms with E-state index in [1.807, 2.05) is 6.08 Å². The van der Waals surface area contributed by atoms with Crippen molar-refractivity contribution >= 4 is 0 Å². The molecule has 1 saturated carbocycles. The van der Waals surface area contributed by atoms with Crippen molar-refractivity contribution in [1.82, 2.24) is 10.2 Å². The quantitative estimate of drug-likeness (QED) is 0.764. The van der Waals surface area contributed by atoms with Gasteiger partial charge < -0.3 is 14.4 Å². The Bertz CT molecular complexity index is 316. The van der Waals surface area contributed by atoms with Crippen LogP contribution >= 0.6 is 0 Å². The summed E-state index contributed by atoms with van der Waals surface area (Å²) in [7, 11) is 4.20.